The van der Waals surface area contributed by atoms with Gasteiger partial charge in [-0.15, -0.1) is 0 Å². The molecule has 0 saturated heterocycles. The van der Waals surface area contributed by atoms with Crippen LogP contribution < -0.4 is 16.8 Å². The molecule has 0 spiro atoms. The molecule has 0 radical (unpaired) electrons. The van der Waals surface area contributed by atoms with Crippen LogP contribution in [0.25, 0.3) is 0 Å². The number of rotatable bonds is 5. The van der Waals surface area contributed by atoms with Gasteiger partial charge in [-0.2, -0.15) is 0 Å². The van der Waals surface area contributed by atoms with Crippen LogP contribution in [0.1, 0.15) is 13.3 Å². The number of carboxylic acid groups (broad SMARTS) is 1. The van der Waals surface area contributed by atoms with Gasteiger partial charge in [0.15, 0.2) is 0 Å². The minimum atomic E-state index is -1.07. The van der Waals surface area contributed by atoms with Crippen molar-refractivity contribution in [2.45, 2.75) is 25.4 Å². The Labute approximate surface area is 76.3 Å². The molecule has 0 aliphatic rings. The first-order chi connectivity index (χ1) is 5.95. The van der Waals surface area contributed by atoms with Gasteiger partial charge in [-0.3, -0.25) is 9.59 Å². The summed E-state index contributed by atoms with van der Waals surface area (Å²) in [4.78, 5) is 21.1. The third-order valence-electron chi connectivity index (χ3n) is 1.49. The average Bonchev–Trinajstić information content (AvgIpc) is 2.03. The van der Waals surface area contributed by atoms with Crippen LogP contribution in [-0.2, 0) is 9.59 Å². The smallest absolute Gasteiger partial charge is 0.320 e. The minimum Gasteiger partial charge on any atom is -0.480 e. The largest absolute Gasteiger partial charge is 0.480 e. The Morgan fingerprint density at radius 2 is 2.00 bits per heavy atom. The van der Waals surface area contributed by atoms with Crippen LogP contribution in [-0.4, -0.2) is 35.6 Å². The van der Waals surface area contributed by atoms with Gasteiger partial charge < -0.3 is 21.9 Å². The molecule has 0 fully saturated rings. The van der Waals surface area contributed by atoms with E-state index in [4.69, 9.17) is 16.6 Å². The van der Waals surface area contributed by atoms with Crippen LogP contribution in [0.15, 0.2) is 0 Å². The maximum Gasteiger partial charge on any atom is 0.320 e. The molecule has 0 aliphatic carbocycles. The molecule has 0 heterocycles. The van der Waals surface area contributed by atoms with E-state index in [0.29, 0.717) is 0 Å². The lowest BCUT2D eigenvalue weighted by Gasteiger charge is -2.09. The van der Waals surface area contributed by atoms with E-state index < -0.39 is 18.1 Å². The fourth-order valence-corrected chi connectivity index (χ4v) is 0.635. The highest BCUT2D eigenvalue weighted by Gasteiger charge is 2.12. The summed E-state index contributed by atoms with van der Waals surface area (Å²) in [7, 11) is 0. The fourth-order valence-electron chi connectivity index (χ4n) is 0.635. The molecule has 0 rings (SSSR count). The van der Waals surface area contributed by atoms with Gasteiger partial charge in [-0.25, -0.2) is 0 Å². The second-order valence-electron chi connectivity index (χ2n) is 2.81. The van der Waals surface area contributed by atoms with Gasteiger partial charge in [-0.1, -0.05) is 0 Å². The Bertz CT molecular complexity index is 193. The highest BCUT2D eigenvalue weighted by Crippen LogP contribution is 1.86. The third-order valence-corrected chi connectivity index (χ3v) is 1.49. The average molecular weight is 189 g/mol. The van der Waals surface area contributed by atoms with Crippen LogP contribution in [0.4, 0.5) is 0 Å². The minimum absolute atomic E-state index is 0.202. The number of nitrogens with one attached hydrogen (secondary N) is 1. The van der Waals surface area contributed by atoms with Crippen molar-refractivity contribution in [3.05, 3.63) is 0 Å². The summed E-state index contributed by atoms with van der Waals surface area (Å²) in [6, 6.07) is -1.52. The first kappa shape index (κ1) is 11.9. The molecule has 6 N–H and O–H groups in total. The molecular weight excluding hydrogens is 174 g/mol. The molecule has 0 aromatic carbocycles. The highest BCUT2D eigenvalue weighted by atomic mass is 16.4. The molecule has 6 heteroatoms. The van der Waals surface area contributed by atoms with Crippen molar-refractivity contribution >= 4 is 11.9 Å². The first-order valence-corrected chi connectivity index (χ1v) is 3.97. The Balaban J connectivity index is 3.56. The molecule has 13 heavy (non-hydrogen) atoms. The SMILES string of the molecule is C[C@H](N)C(=O)NCC[C@H](N)C(=O)O. The first-order valence-electron chi connectivity index (χ1n) is 3.97. The highest BCUT2D eigenvalue weighted by molar-refractivity contribution is 5.81. The molecule has 6 nitrogen and oxygen atoms in total. The Kier molecular flexibility index (Phi) is 5.01. The summed E-state index contributed by atoms with van der Waals surface area (Å²) >= 11 is 0. The van der Waals surface area contributed by atoms with Crippen molar-refractivity contribution < 1.29 is 14.7 Å². The van der Waals surface area contributed by atoms with Crippen molar-refractivity contribution in [2.24, 2.45) is 11.5 Å². The molecule has 0 aromatic heterocycles. The maximum absolute atomic E-state index is 10.9. The van der Waals surface area contributed by atoms with Crippen LogP contribution in [0.2, 0.25) is 0 Å². The van der Waals surface area contributed by atoms with E-state index in [1.165, 1.54) is 0 Å². The van der Waals surface area contributed by atoms with Crippen LogP contribution in [0, 0.1) is 0 Å². The summed E-state index contributed by atoms with van der Waals surface area (Å²) in [5.74, 6) is -1.38. The molecule has 0 bridgehead atoms. The lowest BCUT2D eigenvalue weighted by atomic mass is 10.2. The number of carboxylic acids is 1. The van der Waals surface area contributed by atoms with E-state index in [1.807, 2.05) is 0 Å². The van der Waals surface area contributed by atoms with E-state index in [-0.39, 0.29) is 18.9 Å². The fraction of sp³-hybridized carbons (Fsp3) is 0.714. The number of amides is 1. The van der Waals surface area contributed by atoms with Gasteiger partial charge in [0.25, 0.3) is 0 Å². The second kappa shape index (κ2) is 5.50. The monoisotopic (exact) mass is 189 g/mol. The zero-order valence-corrected chi connectivity index (χ0v) is 7.49. The zero-order chi connectivity index (χ0) is 10.4. The third kappa shape index (κ3) is 5.15. The summed E-state index contributed by atoms with van der Waals surface area (Å²) < 4.78 is 0. The van der Waals surface area contributed by atoms with Crippen molar-refractivity contribution in [1.29, 1.82) is 0 Å². The van der Waals surface area contributed by atoms with Crippen LogP contribution >= 0.6 is 0 Å². The number of hydrogen-bond donors (Lipinski definition) is 4. The summed E-state index contributed by atoms with van der Waals surface area (Å²) in [5.41, 5.74) is 10.4. The molecule has 76 valence electrons. The molecule has 0 unspecified atom stereocenters. The number of aliphatic carboxylic acids is 1. The Morgan fingerprint density at radius 3 is 2.38 bits per heavy atom. The zero-order valence-electron chi connectivity index (χ0n) is 7.49. The number of carbonyl (C=O) groups excluding carboxylic acids is 1. The lowest BCUT2D eigenvalue weighted by molar-refractivity contribution is -0.138. The summed E-state index contributed by atoms with van der Waals surface area (Å²) in [6.07, 6.45) is 0.202. The van der Waals surface area contributed by atoms with Crippen LogP contribution in [0.3, 0.4) is 0 Å². The van der Waals surface area contributed by atoms with Gasteiger partial charge in [0.05, 0.1) is 6.04 Å². The van der Waals surface area contributed by atoms with E-state index in [0.717, 1.165) is 0 Å². The van der Waals surface area contributed by atoms with Gasteiger partial charge >= 0.3 is 5.97 Å². The van der Waals surface area contributed by atoms with Crippen molar-refractivity contribution in [3.63, 3.8) is 0 Å². The molecule has 0 aromatic rings. The van der Waals surface area contributed by atoms with Gasteiger partial charge in [0.1, 0.15) is 6.04 Å². The quantitative estimate of drug-likeness (QED) is 0.409. The number of carbonyl (C=O) groups is 2. The number of nitrogens with two attached hydrogens (primary N) is 2. The van der Waals surface area contributed by atoms with E-state index in [1.54, 1.807) is 6.92 Å². The van der Waals surface area contributed by atoms with Gasteiger partial charge in [-0.05, 0) is 13.3 Å². The van der Waals surface area contributed by atoms with E-state index in [2.05, 4.69) is 5.32 Å². The Hall–Kier alpha value is -1.14. The van der Waals surface area contributed by atoms with Gasteiger partial charge in [0.2, 0.25) is 5.91 Å². The molecule has 0 saturated carbocycles. The van der Waals surface area contributed by atoms with Crippen molar-refractivity contribution in [3.8, 4) is 0 Å². The van der Waals surface area contributed by atoms with Crippen molar-refractivity contribution in [2.75, 3.05) is 6.54 Å². The summed E-state index contributed by atoms with van der Waals surface area (Å²) in [5, 5.41) is 10.9. The topological polar surface area (TPSA) is 118 Å². The standard InChI is InChI=1S/C7H15N3O3/c1-4(8)6(11)10-3-2-5(9)7(12)13/h4-5H,2-3,8-9H2,1H3,(H,10,11)(H,12,13)/t4-,5-/m0/s1. The van der Waals surface area contributed by atoms with Crippen molar-refractivity contribution in [1.82, 2.24) is 5.32 Å². The molecular formula is C7H15N3O3. The predicted octanol–water partition coefficient (Wildman–Crippen LogP) is -1.75. The lowest BCUT2D eigenvalue weighted by Crippen LogP contribution is -2.41. The van der Waals surface area contributed by atoms with E-state index in [9.17, 15) is 9.59 Å². The summed E-state index contributed by atoms with van der Waals surface area (Å²) in [6.45, 7) is 1.78. The van der Waals surface area contributed by atoms with E-state index >= 15 is 0 Å². The molecule has 0 aliphatic heterocycles. The normalized spacial score (nSPS) is 14.7. The number of hydrogen-bond acceptors (Lipinski definition) is 4. The molecule has 2 atom stereocenters. The maximum atomic E-state index is 10.9. The second-order valence-corrected chi connectivity index (χ2v) is 2.81. The Morgan fingerprint density at radius 1 is 1.46 bits per heavy atom. The predicted molar refractivity (Wildman–Crippen MR) is 46.9 cm³/mol. The van der Waals surface area contributed by atoms with Gasteiger partial charge in [0, 0.05) is 6.54 Å². The van der Waals surface area contributed by atoms with Crippen LogP contribution in [0.5, 0.6) is 0 Å². The molecule has 1 amide bonds.